The van der Waals surface area contributed by atoms with E-state index in [2.05, 4.69) is 13.2 Å². The Morgan fingerprint density at radius 1 is 0.347 bits per heavy atom. The van der Waals surface area contributed by atoms with Gasteiger partial charge in [0.05, 0.1) is 39.6 Å². The Bertz CT molecular complexity index is 927. The zero-order chi connectivity index (χ0) is 36.5. The highest BCUT2D eigenvalue weighted by molar-refractivity contribution is 5.87. The molecule has 0 N–H and O–H groups in total. The predicted octanol–water partition coefficient (Wildman–Crippen LogP) is 5.66. The van der Waals surface area contributed by atoms with E-state index in [4.69, 9.17) is 33.2 Å². The second-order valence-electron chi connectivity index (χ2n) is 11.6. The summed E-state index contributed by atoms with van der Waals surface area (Å²) in [5.41, 5.74) is 0.728. The molecule has 0 bridgehead atoms. The van der Waals surface area contributed by atoms with E-state index in [0.29, 0.717) is 102 Å². The summed E-state index contributed by atoms with van der Waals surface area (Å²) in [6, 6.07) is 0. The molecule has 0 unspecified atom stereocenters. The SMILES string of the molecule is C=C(C)C(=O)OCCCCCC(=O)OCCCCCC(=O)OCCOCCOC(=O)CCCCCOC(=O)CCCCCOC(=O)C(=C)C. The first-order valence-electron chi connectivity index (χ1n) is 17.4. The Hall–Kier alpha value is -3.74. The molecule has 0 aliphatic rings. The number of hydrogen-bond donors (Lipinski definition) is 0. The van der Waals surface area contributed by atoms with Crippen LogP contribution in [-0.4, -0.2) is 88.7 Å². The van der Waals surface area contributed by atoms with E-state index in [1.54, 1.807) is 13.8 Å². The highest BCUT2D eigenvalue weighted by atomic mass is 16.6. The number of rotatable bonds is 32. The zero-order valence-electron chi connectivity index (χ0n) is 29.7. The molecule has 49 heavy (non-hydrogen) atoms. The molecule has 0 saturated heterocycles. The maximum Gasteiger partial charge on any atom is 0.333 e. The molecule has 280 valence electrons. The van der Waals surface area contributed by atoms with Gasteiger partial charge in [0, 0.05) is 36.8 Å². The summed E-state index contributed by atoms with van der Waals surface area (Å²) in [7, 11) is 0. The monoisotopic (exact) mass is 698 g/mol. The van der Waals surface area contributed by atoms with Gasteiger partial charge in [0.25, 0.3) is 0 Å². The van der Waals surface area contributed by atoms with Crippen LogP contribution in [0.3, 0.4) is 0 Å². The average Bonchev–Trinajstić information content (AvgIpc) is 3.06. The maximum atomic E-state index is 11.8. The topological polar surface area (TPSA) is 167 Å². The molecule has 0 amide bonds. The number of carbonyl (C=O) groups excluding carboxylic acids is 6. The van der Waals surface area contributed by atoms with Crippen molar-refractivity contribution in [2.24, 2.45) is 0 Å². The van der Waals surface area contributed by atoms with Crippen LogP contribution in [0.2, 0.25) is 0 Å². The van der Waals surface area contributed by atoms with Crippen molar-refractivity contribution in [2.75, 3.05) is 52.9 Å². The van der Waals surface area contributed by atoms with Gasteiger partial charge in [-0.2, -0.15) is 0 Å². The largest absolute Gasteiger partial charge is 0.466 e. The third-order valence-electron chi connectivity index (χ3n) is 6.77. The third-order valence-corrected chi connectivity index (χ3v) is 6.77. The number of ether oxygens (including phenoxy) is 7. The van der Waals surface area contributed by atoms with Gasteiger partial charge in [-0.25, -0.2) is 9.59 Å². The quantitative estimate of drug-likeness (QED) is 0.0366. The molecule has 0 aliphatic heterocycles. The maximum absolute atomic E-state index is 11.8. The van der Waals surface area contributed by atoms with Crippen LogP contribution in [0, 0.1) is 0 Å². The van der Waals surface area contributed by atoms with Crippen molar-refractivity contribution in [2.45, 2.75) is 117 Å². The lowest BCUT2D eigenvalue weighted by Crippen LogP contribution is -2.14. The van der Waals surface area contributed by atoms with Gasteiger partial charge in [-0.3, -0.25) is 19.2 Å². The van der Waals surface area contributed by atoms with Crippen LogP contribution < -0.4 is 0 Å². The second kappa shape index (κ2) is 31.5. The molecule has 0 radical (unpaired) electrons. The molecule has 0 saturated carbocycles. The fourth-order valence-electron chi connectivity index (χ4n) is 3.96. The predicted molar refractivity (Wildman–Crippen MR) is 180 cm³/mol. The summed E-state index contributed by atoms with van der Waals surface area (Å²) in [4.78, 5) is 69.7. The van der Waals surface area contributed by atoms with Crippen molar-refractivity contribution in [3.05, 3.63) is 24.3 Å². The van der Waals surface area contributed by atoms with Gasteiger partial charge in [-0.05, 0) is 90.9 Å². The summed E-state index contributed by atoms with van der Waals surface area (Å²) < 4.78 is 35.9. The third kappa shape index (κ3) is 31.3. The summed E-state index contributed by atoms with van der Waals surface area (Å²) in [5.74, 6) is -1.99. The fourth-order valence-corrected chi connectivity index (χ4v) is 3.96. The Balaban J connectivity index is 3.46. The first-order valence-corrected chi connectivity index (χ1v) is 17.4. The number of esters is 6. The Kier molecular flexibility index (Phi) is 29.1. The molecular formula is C36H58O13. The van der Waals surface area contributed by atoms with Gasteiger partial charge in [-0.15, -0.1) is 0 Å². The Morgan fingerprint density at radius 2 is 0.612 bits per heavy atom. The minimum Gasteiger partial charge on any atom is -0.466 e. The fraction of sp³-hybridized carbons (Fsp3) is 0.722. The molecule has 0 rings (SSSR count). The van der Waals surface area contributed by atoms with E-state index in [1.807, 2.05) is 0 Å². The van der Waals surface area contributed by atoms with Crippen LogP contribution in [-0.2, 0) is 61.9 Å². The Morgan fingerprint density at radius 3 is 0.898 bits per heavy atom. The summed E-state index contributed by atoms with van der Waals surface area (Å²) in [6.45, 7) is 12.1. The van der Waals surface area contributed by atoms with Gasteiger partial charge < -0.3 is 33.2 Å². The van der Waals surface area contributed by atoms with Gasteiger partial charge in [0.15, 0.2) is 0 Å². The molecule has 0 atom stereocenters. The molecule has 0 aliphatic carbocycles. The minimum atomic E-state index is -0.405. The standard InChI is InChI=1S/C36H58O13/c1-29(2)35(41)48-23-15-7-11-17-31(37)44-21-13-5-9-19-33(39)46-27-25-43-26-28-47-34(40)20-10-6-14-22-45-32(38)18-12-8-16-24-49-36(42)30(3)4/h1,3,5-28H2,2,4H3. The molecule has 0 aromatic carbocycles. The van der Waals surface area contributed by atoms with E-state index in [0.717, 1.165) is 25.7 Å². The van der Waals surface area contributed by atoms with E-state index in [9.17, 15) is 28.8 Å². The minimum absolute atomic E-state index is 0.109. The van der Waals surface area contributed by atoms with Crippen molar-refractivity contribution in [1.82, 2.24) is 0 Å². The Labute approximate surface area is 291 Å². The smallest absolute Gasteiger partial charge is 0.333 e. The van der Waals surface area contributed by atoms with Crippen molar-refractivity contribution in [3.63, 3.8) is 0 Å². The number of carbonyl (C=O) groups is 6. The van der Waals surface area contributed by atoms with Gasteiger partial charge in [0.2, 0.25) is 0 Å². The van der Waals surface area contributed by atoms with Crippen LogP contribution in [0.15, 0.2) is 24.3 Å². The summed E-state index contributed by atoms with van der Waals surface area (Å²) in [5, 5.41) is 0. The summed E-state index contributed by atoms with van der Waals surface area (Å²) in [6.07, 6.45) is 9.39. The van der Waals surface area contributed by atoms with E-state index < -0.39 is 11.9 Å². The first kappa shape index (κ1) is 45.3. The zero-order valence-corrected chi connectivity index (χ0v) is 29.7. The van der Waals surface area contributed by atoms with Crippen LogP contribution in [0.25, 0.3) is 0 Å². The van der Waals surface area contributed by atoms with Crippen LogP contribution in [0.1, 0.15) is 117 Å². The molecule has 13 nitrogen and oxygen atoms in total. The molecule has 0 aromatic heterocycles. The van der Waals surface area contributed by atoms with Crippen molar-refractivity contribution in [3.8, 4) is 0 Å². The van der Waals surface area contributed by atoms with Crippen LogP contribution in [0.5, 0.6) is 0 Å². The molecule has 0 aromatic rings. The normalized spacial score (nSPS) is 10.5. The van der Waals surface area contributed by atoms with Crippen LogP contribution in [0.4, 0.5) is 0 Å². The molecule has 0 fully saturated rings. The highest BCUT2D eigenvalue weighted by Crippen LogP contribution is 2.07. The lowest BCUT2D eigenvalue weighted by Gasteiger charge is -2.08. The van der Waals surface area contributed by atoms with Gasteiger partial charge in [0.1, 0.15) is 13.2 Å². The molecule has 0 spiro atoms. The highest BCUT2D eigenvalue weighted by Gasteiger charge is 2.08. The van der Waals surface area contributed by atoms with Crippen LogP contribution >= 0.6 is 0 Å². The van der Waals surface area contributed by atoms with E-state index >= 15 is 0 Å². The molecule has 13 heteroatoms. The van der Waals surface area contributed by atoms with E-state index in [-0.39, 0.29) is 63.1 Å². The van der Waals surface area contributed by atoms with Gasteiger partial charge in [-0.1, -0.05) is 13.2 Å². The average molecular weight is 699 g/mol. The summed E-state index contributed by atoms with van der Waals surface area (Å²) >= 11 is 0. The van der Waals surface area contributed by atoms with Gasteiger partial charge >= 0.3 is 35.8 Å². The number of hydrogen-bond acceptors (Lipinski definition) is 13. The lowest BCUT2D eigenvalue weighted by molar-refractivity contribution is -0.148. The van der Waals surface area contributed by atoms with E-state index in [1.165, 1.54) is 0 Å². The lowest BCUT2D eigenvalue weighted by atomic mass is 10.2. The van der Waals surface area contributed by atoms with Crippen molar-refractivity contribution < 1.29 is 61.9 Å². The first-order chi connectivity index (χ1) is 23.5. The van der Waals surface area contributed by atoms with Crippen molar-refractivity contribution >= 4 is 35.8 Å². The van der Waals surface area contributed by atoms with Crippen molar-refractivity contribution in [1.29, 1.82) is 0 Å². The molecule has 0 heterocycles. The number of unbranched alkanes of at least 4 members (excludes halogenated alkanes) is 8. The molecular weight excluding hydrogens is 640 g/mol. The second-order valence-corrected chi connectivity index (χ2v) is 11.6.